The number of alkyl halides is 3. The van der Waals surface area contributed by atoms with Gasteiger partial charge in [0, 0.05) is 24.9 Å². The third-order valence-electron chi connectivity index (χ3n) is 3.39. The number of halogens is 4. The lowest BCUT2D eigenvalue weighted by atomic mass is 10.1. The Hall–Kier alpha value is -2.90. The van der Waals surface area contributed by atoms with Crippen molar-refractivity contribution in [3.63, 3.8) is 0 Å². The van der Waals surface area contributed by atoms with Gasteiger partial charge in [0.1, 0.15) is 11.6 Å². The molecule has 8 heteroatoms. The van der Waals surface area contributed by atoms with Gasteiger partial charge < -0.3 is 10.1 Å². The van der Waals surface area contributed by atoms with Gasteiger partial charge in [-0.2, -0.15) is 0 Å². The maximum Gasteiger partial charge on any atom is 0.573 e. The number of ketones is 1. The van der Waals surface area contributed by atoms with Crippen LogP contribution in [-0.4, -0.2) is 18.1 Å². The average molecular weight is 369 g/mol. The van der Waals surface area contributed by atoms with Crippen LogP contribution in [0.3, 0.4) is 0 Å². The van der Waals surface area contributed by atoms with Crippen molar-refractivity contribution in [2.45, 2.75) is 25.7 Å². The van der Waals surface area contributed by atoms with E-state index in [1.165, 1.54) is 36.4 Å². The van der Waals surface area contributed by atoms with Crippen molar-refractivity contribution in [2.24, 2.45) is 0 Å². The number of Topliss-reactive ketones (excluding diaryl/α,β-unsaturated/α-hetero) is 1. The molecule has 138 valence electrons. The Labute approximate surface area is 146 Å². The minimum Gasteiger partial charge on any atom is -0.406 e. The molecule has 0 radical (unpaired) electrons. The fourth-order valence-electron chi connectivity index (χ4n) is 2.11. The molecule has 0 heterocycles. The largest absolute Gasteiger partial charge is 0.573 e. The molecule has 0 aliphatic heterocycles. The average Bonchev–Trinajstić information content (AvgIpc) is 2.58. The third-order valence-corrected chi connectivity index (χ3v) is 3.39. The highest BCUT2D eigenvalue weighted by atomic mass is 19.4. The Balaban J connectivity index is 1.76. The summed E-state index contributed by atoms with van der Waals surface area (Å²) in [5, 5.41) is 2.57. The molecule has 2 aromatic rings. The van der Waals surface area contributed by atoms with E-state index in [-0.39, 0.29) is 36.8 Å². The SMILES string of the molecule is O=C(CCC(=O)c1ccc(F)cc1)NCc1ccc(OC(F)(F)F)cc1. The van der Waals surface area contributed by atoms with Crippen LogP contribution >= 0.6 is 0 Å². The summed E-state index contributed by atoms with van der Waals surface area (Å²) < 4.78 is 52.7. The van der Waals surface area contributed by atoms with E-state index < -0.39 is 12.2 Å². The lowest BCUT2D eigenvalue weighted by molar-refractivity contribution is -0.274. The van der Waals surface area contributed by atoms with Crippen LogP contribution in [0, 0.1) is 5.82 Å². The highest BCUT2D eigenvalue weighted by Crippen LogP contribution is 2.22. The summed E-state index contributed by atoms with van der Waals surface area (Å²) in [7, 11) is 0. The molecule has 0 fully saturated rings. The second-order valence-electron chi connectivity index (χ2n) is 5.40. The van der Waals surface area contributed by atoms with Gasteiger partial charge in [0.25, 0.3) is 0 Å². The van der Waals surface area contributed by atoms with E-state index in [4.69, 9.17) is 0 Å². The number of hydrogen-bond donors (Lipinski definition) is 1. The number of benzene rings is 2. The van der Waals surface area contributed by atoms with Crippen LogP contribution in [-0.2, 0) is 11.3 Å². The van der Waals surface area contributed by atoms with E-state index in [0.717, 1.165) is 12.1 Å². The summed E-state index contributed by atoms with van der Waals surface area (Å²) in [5.74, 6) is -1.46. The van der Waals surface area contributed by atoms with Gasteiger partial charge in [-0.15, -0.1) is 13.2 Å². The van der Waals surface area contributed by atoms with Crippen molar-refractivity contribution in [3.8, 4) is 5.75 Å². The topological polar surface area (TPSA) is 55.4 Å². The standard InChI is InChI=1S/C18H15F4NO3/c19-14-5-3-13(4-6-14)16(24)9-10-17(25)23-11-12-1-7-15(8-2-12)26-18(20,21)22/h1-8H,9-11H2,(H,23,25). The van der Waals surface area contributed by atoms with Gasteiger partial charge in [0.05, 0.1) is 0 Å². The fraction of sp³-hybridized carbons (Fsp3) is 0.222. The molecule has 1 amide bonds. The van der Waals surface area contributed by atoms with Crippen LogP contribution in [0.1, 0.15) is 28.8 Å². The number of carbonyl (C=O) groups is 2. The zero-order valence-electron chi connectivity index (χ0n) is 13.5. The normalized spacial score (nSPS) is 11.1. The molecular weight excluding hydrogens is 354 g/mol. The van der Waals surface area contributed by atoms with Crippen LogP contribution < -0.4 is 10.1 Å². The van der Waals surface area contributed by atoms with Crippen LogP contribution in [0.15, 0.2) is 48.5 Å². The molecule has 0 aliphatic carbocycles. The molecule has 0 unspecified atom stereocenters. The smallest absolute Gasteiger partial charge is 0.406 e. The van der Waals surface area contributed by atoms with E-state index in [1.807, 2.05) is 0 Å². The second-order valence-corrected chi connectivity index (χ2v) is 5.40. The predicted octanol–water partition coefficient (Wildman–Crippen LogP) is 4.00. The molecule has 0 saturated carbocycles. The zero-order valence-corrected chi connectivity index (χ0v) is 13.5. The summed E-state index contributed by atoms with van der Waals surface area (Å²) in [6.45, 7) is 0.107. The minimum atomic E-state index is -4.76. The van der Waals surface area contributed by atoms with E-state index in [9.17, 15) is 27.2 Å². The number of amides is 1. The Kier molecular flexibility index (Phi) is 6.32. The Morgan fingerprint density at radius 3 is 2.12 bits per heavy atom. The van der Waals surface area contributed by atoms with Crippen LogP contribution in [0.2, 0.25) is 0 Å². The van der Waals surface area contributed by atoms with Gasteiger partial charge in [-0.3, -0.25) is 9.59 Å². The molecule has 0 aliphatic rings. The summed E-state index contributed by atoms with van der Waals surface area (Å²) in [4.78, 5) is 23.6. The lowest BCUT2D eigenvalue weighted by Gasteiger charge is -2.09. The fourth-order valence-corrected chi connectivity index (χ4v) is 2.11. The highest BCUT2D eigenvalue weighted by Gasteiger charge is 2.30. The van der Waals surface area contributed by atoms with Crippen molar-refractivity contribution < 1.29 is 31.9 Å². The Morgan fingerprint density at radius 1 is 0.923 bits per heavy atom. The van der Waals surface area contributed by atoms with Gasteiger partial charge in [-0.25, -0.2) is 4.39 Å². The number of carbonyl (C=O) groups excluding carboxylic acids is 2. The van der Waals surface area contributed by atoms with Gasteiger partial charge >= 0.3 is 6.36 Å². The first kappa shape index (κ1) is 19.4. The molecule has 2 aromatic carbocycles. The maximum absolute atomic E-state index is 12.8. The maximum atomic E-state index is 12.8. The number of ether oxygens (including phenoxy) is 1. The molecule has 1 N–H and O–H groups in total. The summed E-state index contributed by atoms with van der Waals surface area (Å²) in [5.41, 5.74) is 0.900. The Morgan fingerprint density at radius 2 is 1.54 bits per heavy atom. The van der Waals surface area contributed by atoms with E-state index in [1.54, 1.807) is 0 Å². The molecule has 2 rings (SSSR count). The van der Waals surface area contributed by atoms with Crippen molar-refractivity contribution in [2.75, 3.05) is 0 Å². The third kappa shape index (κ3) is 6.54. The van der Waals surface area contributed by atoms with E-state index in [2.05, 4.69) is 10.1 Å². The van der Waals surface area contributed by atoms with Crippen molar-refractivity contribution in [3.05, 3.63) is 65.5 Å². The second kappa shape index (κ2) is 8.46. The quantitative estimate of drug-likeness (QED) is 0.593. The number of nitrogens with one attached hydrogen (secondary N) is 1. The molecule has 0 spiro atoms. The highest BCUT2D eigenvalue weighted by molar-refractivity contribution is 5.97. The Bertz CT molecular complexity index is 756. The summed E-state index contributed by atoms with van der Waals surface area (Å²) >= 11 is 0. The number of rotatable bonds is 7. The summed E-state index contributed by atoms with van der Waals surface area (Å²) in [6, 6.07) is 10.1. The molecule has 4 nitrogen and oxygen atoms in total. The monoisotopic (exact) mass is 369 g/mol. The molecular formula is C18H15F4NO3. The van der Waals surface area contributed by atoms with Crippen molar-refractivity contribution >= 4 is 11.7 Å². The van der Waals surface area contributed by atoms with Crippen LogP contribution in [0.25, 0.3) is 0 Å². The number of hydrogen-bond acceptors (Lipinski definition) is 3. The molecule has 26 heavy (non-hydrogen) atoms. The summed E-state index contributed by atoms with van der Waals surface area (Å²) in [6.07, 6.45) is -4.84. The van der Waals surface area contributed by atoms with E-state index >= 15 is 0 Å². The minimum absolute atomic E-state index is 0.0319. The van der Waals surface area contributed by atoms with Crippen LogP contribution in [0.4, 0.5) is 17.6 Å². The van der Waals surface area contributed by atoms with Crippen molar-refractivity contribution in [1.82, 2.24) is 5.32 Å². The van der Waals surface area contributed by atoms with Crippen LogP contribution in [0.5, 0.6) is 5.75 Å². The van der Waals surface area contributed by atoms with Gasteiger partial charge in [0.15, 0.2) is 5.78 Å². The molecule has 0 aromatic heterocycles. The molecule has 0 bridgehead atoms. The van der Waals surface area contributed by atoms with Gasteiger partial charge in [0.2, 0.25) is 5.91 Å². The zero-order chi connectivity index (χ0) is 19.2. The predicted molar refractivity (Wildman–Crippen MR) is 84.9 cm³/mol. The first-order valence-electron chi connectivity index (χ1n) is 7.63. The van der Waals surface area contributed by atoms with Crippen molar-refractivity contribution in [1.29, 1.82) is 0 Å². The lowest BCUT2D eigenvalue weighted by Crippen LogP contribution is -2.23. The molecule has 0 atom stereocenters. The first-order valence-corrected chi connectivity index (χ1v) is 7.63. The van der Waals surface area contributed by atoms with Gasteiger partial charge in [-0.1, -0.05) is 12.1 Å². The first-order chi connectivity index (χ1) is 12.2. The van der Waals surface area contributed by atoms with Gasteiger partial charge in [-0.05, 0) is 42.0 Å². The van der Waals surface area contributed by atoms with E-state index in [0.29, 0.717) is 11.1 Å². The molecule has 0 saturated heterocycles.